The van der Waals surface area contributed by atoms with E-state index in [0.29, 0.717) is 13.2 Å². The largest absolute Gasteiger partial charge is 0.387 e. The first-order chi connectivity index (χ1) is 4.81. The minimum Gasteiger partial charge on any atom is -0.387 e. The molecule has 0 radical (unpaired) electrons. The highest BCUT2D eigenvalue weighted by atomic mass is 16.6. The van der Waals surface area contributed by atoms with Crippen molar-refractivity contribution < 1.29 is 14.6 Å². The zero-order valence-corrected chi connectivity index (χ0v) is 5.88. The van der Waals surface area contributed by atoms with Gasteiger partial charge in [-0.1, -0.05) is 0 Å². The van der Waals surface area contributed by atoms with Gasteiger partial charge in [-0.3, -0.25) is 0 Å². The second-order valence-electron chi connectivity index (χ2n) is 3.04. The lowest BCUT2D eigenvalue weighted by Crippen LogP contribution is -2.41. The van der Waals surface area contributed by atoms with E-state index in [4.69, 9.17) is 9.47 Å². The zero-order chi connectivity index (χ0) is 7.03. The van der Waals surface area contributed by atoms with Crippen molar-refractivity contribution in [1.29, 1.82) is 0 Å². The number of aliphatic hydroxyl groups is 1. The standard InChI is InChI=1S/C7H12O3/c8-7(6-5-10-6)1-3-9-4-2-7/h6,8H,1-5H2. The van der Waals surface area contributed by atoms with E-state index in [2.05, 4.69) is 0 Å². The van der Waals surface area contributed by atoms with Crippen LogP contribution in [0.15, 0.2) is 0 Å². The van der Waals surface area contributed by atoms with Crippen LogP contribution in [0.5, 0.6) is 0 Å². The summed E-state index contributed by atoms with van der Waals surface area (Å²) in [7, 11) is 0. The Hall–Kier alpha value is -0.120. The summed E-state index contributed by atoms with van der Waals surface area (Å²) in [5.41, 5.74) is -0.557. The van der Waals surface area contributed by atoms with Gasteiger partial charge in [0.05, 0.1) is 12.2 Å². The van der Waals surface area contributed by atoms with Crippen molar-refractivity contribution in [2.75, 3.05) is 19.8 Å². The smallest absolute Gasteiger partial charge is 0.110 e. The topological polar surface area (TPSA) is 42.0 Å². The molecule has 2 saturated heterocycles. The van der Waals surface area contributed by atoms with E-state index in [1.165, 1.54) is 0 Å². The molecule has 0 aromatic carbocycles. The number of epoxide rings is 1. The van der Waals surface area contributed by atoms with Gasteiger partial charge in [0.2, 0.25) is 0 Å². The monoisotopic (exact) mass is 144 g/mol. The Kier molecular flexibility index (Phi) is 1.44. The Morgan fingerprint density at radius 3 is 2.40 bits per heavy atom. The first-order valence-corrected chi connectivity index (χ1v) is 3.73. The predicted octanol–water partition coefficient (Wildman–Crippen LogP) is -0.0733. The fourth-order valence-corrected chi connectivity index (χ4v) is 1.41. The molecule has 0 aromatic heterocycles. The summed E-state index contributed by atoms with van der Waals surface area (Å²) in [4.78, 5) is 0. The summed E-state index contributed by atoms with van der Waals surface area (Å²) in [5, 5.41) is 9.81. The molecule has 58 valence electrons. The zero-order valence-electron chi connectivity index (χ0n) is 5.88. The van der Waals surface area contributed by atoms with Crippen molar-refractivity contribution in [1.82, 2.24) is 0 Å². The van der Waals surface area contributed by atoms with E-state index in [0.717, 1.165) is 19.4 Å². The lowest BCUT2D eigenvalue weighted by molar-refractivity contribution is -0.0778. The number of ether oxygens (including phenoxy) is 2. The summed E-state index contributed by atoms with van der Waals surface area (Å²) >= 11 is 0. The summed E-state index contributed by atoms with van der Waals surface area (Å²) in [6.07, 6.45) is 1.58. The summed E-state index contributed by atoms with van der Waals surface area (Å²) in [5.74, 6) is 0. The minimum absolute atomic E-state index is 0.108. The van der Waals surface area contributed by atoms with Gasteiger partial charge in [-0.2, -0.15) is 0 Å². The summed E-state index contributed by atoms with van der Waals surface area (Å²) in [6, 6.07) is 0. The highest BCUT2D eigenvalue weighted by molar-refractivity contribution is 4.95. The van der Waals surface area contributed by atoms with Crippen LogP contribution >= 0.6 is 0 Å². The third kappa shape index (κ3) is 1.05. The van der Waals surface area contributed by atoms with E-state index < -0.39 is 5.60 Å². The lowest BCUT2D eigenvalue weighted by Gasteiger charge is -2.30. The maximum absolute atomic E-state index is 9.81. The molecule has 3 heteroatoms. The van der Waals surface area contributed by atoms with Gasteiger partial charge in [-0.25, -0.2) is 0 Å². The molecule has 2 rings (SSSR count). The van der Waals surface area contributed by atoms with Crippen LogP contribution in [0.25, 0.3) is 0 Å². The van der Waals surface area contributed by atoms with Gasteiger partial charge >= 0.3 is 0 Å². The van der Waals surface area contributed by atoms with Gasteiger partial charge in [0.25, 0.3) is 0 Å². The van der Waals surface area contributed by atoms with Gasteiger partial charge < -0.3 is 14.6 Å². The van der Waals surface area contributed by atoms with Gasteiger partial charge in [0, 0.05) is 26.1 Å². The van der Waals surface area contributed by atoms with Crippen LogP contribution in [0.4, 0.5) is 0 Å². The highest BCUT2D eigenvalue weighted by Gasteiger charge is 2.46. The average Bonchev–Trinajstić information content (AvgIpc) is 2.69. The van der Waals surface area contributed by atoms with Crippen LogP contribution in [0.1, 0.15) is 12.8 Å². The quantitative estimate of drug-likeness (QED) is 0.524. The molecular weight excluding hydrogens is 132 g/mol. The molecule has 2 fully saturated rings. The molecule has 2 heterocycles. The molecule has 0 aromatic rings. The van der Waals surface area contributed by atoms with Crippen molar-refractivity contribution in [3.8, 4) is 0 Å². The van der Waals surface area contributed by atoms with Crippen LogP contribution in [0, 0.1) is 0 Å². The number of hydrogen-bond donors (Lipinski definition) is 1. The molecule has 1 atom stereocenters. The van der Waals surface area contributed by atoms with Gasteiger partial charge in [0.15, 0.2) is 0 Å². The van der Waals surface area contributed by atoms with Crippen molar-refractivity contribution in [2.24, 2.45) is 0 Å². The first kappa shape index (κ1) is 6.58. The number of rotatable bonds is 1. The Balaban J connectivity index is 1.97. The molecule has 2 aliphatic heterocycles. The van der Waals surface area contributed by atoms with Crippen LogP contribution in [0.2, 0.25) is 0 Å². The Labute approximate surface area is 59.9 Å². The van der Waals surface area contributed by atoms with Gasteiger partial charge in [-0.05, 0) is 0 Å². The predicted molar refractivity (Wildman–Crippen MR) is 34.7 cm³/mol. The third-order valence-electron chi connectivity index (χ3n) is 2.29. The molecule has 0 saturated carbocycles. The summed E-state index contributed by atoms with van der Waals surface area (Å²) < 4.78 is 10.2. The fraction of sp³-hybridized carbons (Fsp3) is 1.00. The van der Waals surface area contributed by atoms with Crippen molar-refractivity contribution >= 4 is 0 Å². The van der Waals surface area contributed by atoms with Gasteiger partial charge in [0.1, 0.15) is 6.10 Å². The molecule has 1 unspecified atom stereocenters. The molecule has 1 N–H and O–H groups in total. The normalized spacial score (nSPS) is 37.5. The molecular formula is C7H12O3. The Morgan fingerprint density at radius 1 is 1.30 bits per heavy atom. The molecule has 0 bridgehead atoms. The van der Waals surface area contributed by atoms with Crippen molar-refractivity contribution in [3.05, 3.63) is 0 Å². The van der Waals surface area contributed by atoms with E-state index in [9.17, 15) is 5.11 Å². The first-order valence-electron chi connectivity index (χ1n) is 3.73. The van der Waals surface area contributed by atoms with Crippen LogP contribution in [0.3, 0.4) is 0 Å². The van der Waals surface area contributed by atoms with Crippen LogP contribution in [-0.4, -0.2) is 36.6 Å². The maximum Gasteiger partial charge on any atom is 0.110 e. The van der Waals surface area contributed by atoms with Crippen LogP contribution in [-0.2, 0) is 9.47 Å². The SMILES string of the molecule is OC1(C2CO2)CCOCC1. The molecule has 2 aliphatic rings. The van der Waals surface area contributed by atoms with E-state index >= 15 is 0 Å². The second-order valence-corrected chi connectivity index (χ2v) is 3.04. The van der Waals surface area contributed by atoms with E-state index in [-0.39, 0.29) is 6.10 Å². The molecule has 0 amide bonds. The fourth-order valence-electron chi connectivity index (χ4n) is 1.41. The van der Waals surface area contributed by atoms with Crippen LogP contribution < -0.4 is 0 Å². The molecule has 10 heavy (non-hydrogen) atoms. The lowest BCUT2D eigenvalue weighted by atomic mass is 9.91. The summed E-state index contributed by atoms with van der Waals surface area (Å²) in [6.45, 7) is 2.09. The number of hydrogen-bond acceptors (Lipinski definition) is 3. The maximum atomic E-state index is 9.81. The molecule has 3 nitrogen and oxygen atoms in total. The third-order valence-corrected chi connectivity index (χ3v) is 2.29. The second kappa shape index (κ2) is 2.19. The Morgan fingerprint density at radius 2 is 1.90 bits per heavy atom. The minimum atomic E-state index is -0.557. The highest BCUT2D eigenvalue weighted by Crippen LogP contribution is 2.32. The Bertz CT molecular complexity index is 125. The van der Waals surface area contributed by atoms with Crippen molar-refractivity contribution in [3.63, 3.8) is 0 Å². The molecule has 0 aliphatic carbocycles. The van der Waals surface area contributed by atoms with E-state index in [1.807, 2.05) is 0 Å². The van der Waals surface area contributed by atoms with Crippen molar-refractivity contribution in [2.45, 2.75) is 24.5 Å². The average molecular weight is 144 g/mol. The van der Waals surface area contributed by atoms with E-state index in [1.54, 1.807) is 0 Å². The molecule has 0 spiro atoms. The van der Waals surface area contributed by atoms with Gasteiger partial charge in [-0.15, -0.1) is 0 Å².